The highest BCUT2D eigenvalue weighted by Gasteiger charge is 2.06. The van der Waals surface area contributed by atoms with Gasteiger partial charge >= 0.3 is 0 Å². The standard InChI is InChI=1S/C15H18N4O/c1-10-8-12(15(20)16-3)4-5-14(10)18-9-13-6-7-17-11(2)19-13/h4-8,18H,9H2,1-3H3,(H,16,20). The van der Waals surface area contributed by atoms with E-state index in [0.29, 0.717) is 12.1 Å². The van der Waals surface area contributed by atoms with Gasteiger partial charge in [0.05, 0.1) is 12.2 Å². The number of aryl methyl sites for hydroxylation is 2. The quantitative estimate of drug-likeness (QED) is 0.892. The highest BCUT2D eigenvalue weighted by molar-refractivity contribution is 5.94. The summed E-state index contributed by atoms with van der Waals surface area (Å²) in [4.78, 5) is 20.0. The van der Waals surface area contributed by atoms with E-state index < -0.39 is 0 Å². The molecule has 0 saturated carbocycles. The van der Waals surface area contributed by atoms with Gasteiger partial charge in [0.15, 0.2) is 0 Å². The minimum Gasteiger partial charge on any atom is -0.379 e. The molecule has 1 aromatic heterocycles. The van der Waals surface area contributed by atoms with E-state index in [1.165, 1.54) is 0 Å². The average molecular weight is 270 g/mol. The number of carbonyl (C=O) groups is 1. The Balaban J connectivity index is 2.08. The molecule has 0 aliphatic rings. The van der Waals surface area contributed by atoms with E-state index in [-0.39, 0.29) is 5.91 Å². The molecule has 0 unspecified atom stereocenters. The molecule has 5 nitrogen and oxygen atoms in total. The van der Waals surface area contributed by atoms with Gasteiger partial charge in [-0.05, 0) is 43.7 Å². The van der Waals surface area contributed by atoms with Crippen LogP contribution in [0.5, 0.6) is 0 Å². The average Bonchev–Trinajstić information content (AvgIpc) is 2.45. The first-order valence-corrected chi connectivity index (χ1v) is 6.45. The van der Waals surface area contributed by atoms with Gasteiger partial charge in [-0.15, -0.1) is 0 Å². The van der Waals surface area contributed by atoms with Crippen molar-refractivity contribution in [2.75, 3.05) is 12.4 Å². The van der Waals surface area contributed by atoms with Crippen LogP contribution >= 0.6 is 0 Å². The van der Waals surface area contributed by atoms with Gasteiger partial charge in [0.1, 0.15) is 5.82 Å². The number of nitrogens with zero attached hydrogens (tertiary/aromatic N) is 2. The summed E-state index contributed by atoms with van der Waals surface area (Å²) < 4.78 is 0. The Morgan fingerprint density at radius 1 is 1.25 bits per heavy atom. The number of hydrogen-bond donors (Lipinski definition) is 2. The smallest absolute Gasteiger partial charge is 0.251 e. The Hall–Kier alpha value is -2.43. The van der Waals surface area contributed by atoms with Crippen LogP contribution in [0.15, 0.2) is 30.5 Å². The van der Waals surface area contributed by atoms with Gasteiger partial charge in [-0.2, -0.15) is 0 Å². The number of amides is 1. The molecule has 1 amide bonds. The molecule has 0 spiro atoms. The summed E-state index contributed by atoms with van der Waals surface area (Å²) in [5.74, 6) is 0.682. The zero-order valence-electron chi connectivity index (χ0n) is 11.9. The van der Waals surface area contributed by atoms with Crippen molar-refractivity contribution in [1.82, 2.24) is 15.3 Å². The summed E-state index contributed by atoms with van der Waals surface area (Å²) in [5, 5.41) is 5.93. The minimum atomic E-state index is -0.0777. The number of carbonyl (C=O) groups excluding carboxylic acids is 1. The van der Waals surface area contributed by atoms with E-state index in [4.69, 9.17) is 0 Å². The number of benzene rings is 1. The van der Waals surface area contributed by atoms with E-state index in [0.717, 1.165) is 22.8 Å². The molecule has 0 aliphatic heterocycles. The number of anilines is 1. The highest BCUT2D eigenvalue weighted by atomic mass is 16.1. The van der Waals surface area contributed by atoms with Crippen LogP contribution in [0.25, 0.3) is 0 Å². The van der Waals surface area contributed by atoms with E-state index in [1.807, 2.05) is 32.0 Å². The summed E-state index contributed by atoms with van der Waals surface area (Å²) in [7, 11) is 1.63. The third-order valence-corrected chi connectivity index (χ3v) is 3.01. The van der Waals surface area contributed by atoms with Crippen LogP contribution in [-0.2, 0) is 6.54 Å². The second-order valence-electron chi connectivity index (χ2n) is 4.56. The Labute approximate surface area is 118 Å². The van der Waals surface area contributed by atoms with Crippen LogP contribution in [0.2, 0.25) is 0 Å². The molecule has 2 rings (SSSR count). The first-order chi connectivity index (χ1) is 9.60. The maximum Gasteiger partial charge on any atom is 0.251 e. The van der Waals surface area contributed by atoms with E-state index in [2.05, 4.69) is 20.6 Å². The predicted octanol–water partition coefficient (Wildman–Crippen LogP) is 2.07. The summed E-state index contributed by atoms with van der Waals surface area (Å²) in [6.45, 7) is 4.47. The lowest BCUT2D eigenvalue weighted by atomic mass is 10.1. The van der Waals surface area contributed by atoms with Crippen molar-refractivity contribution in [1.29, 1.82) is 0 Å². The molecule has 1 heterocycles. The first-order valence-electron chi connectivity index (χ1n) is 6.45. The molecule has 2 aromatic rings. The Morgan fingerprint density at radius 3 is 2.70 bits per heavy atom. The summed E-state index contributed by atoms with van der Waals surface area (Å²) in [6, 6.07) is 7.47. The van der Waals surface area contributed by atoms with Crippen molar-refractivity contribution in [2.24, 2.45) is 0 Å². The van der Waals surface area contributed by atoms with Crippen molar-refractivity contribution in [3.05, 3.63) is 53.1 Å². The van der Waals surface area contributed by atoms with Crippen molar-refractivity contribution in [2.45, 2.75) is 20.4 Å². The fourth-order valence-corrected chi connectivity index (χ4v) is 1.94. The highest BCUT2D eigenvalue weighted by Crippen LogP contribution is 2.17. The molecule has 5 heteroatoms. The van der Waals surface area contributed by atoms with Crippen molar-refractivity contribution >= 4 is 11.6 Å². The van der Waals surface area contributed by atoms with Gasteiger partial charge in [0, 0.05) is 24.5 Å². The fraction of sp³-hybridized carbons (Fsp3) is 0.267. The number of rotatable bonds is 4. The topological polar surface area (TPSA) is 66.9 Å². The van der Waals surface area contributed by atoms with Gasteiger partial charge in [-0.3, -0.25) is 4.79 Å². The lowest BCUT2D eigenvalue weighted by molar-refractivity contribution is 0.0963. The molecule has 0 aliphatic carbocycles. The van der Waals surface area contributed by atoms with Gasteiger partial charge in [0.2, 0.25) is 0 Å². The van der Waals surface area contributed by atoms with Crippen molar-refractivity contribution in [3.63, 3.8) is 0 Å². The molecule has 0 radical (unpaired) electrons. The molecule has 20 heavy (non-hydrogen) atoms. The third kappa shape index (κ3) is 3.32. The molecular weight excluding hydrogens is 252 g/mol. The molecule has 104 valence electrons. The fourth-order valence-electron chi connectivity index (χ4n) is 1.94. The Bertz CT molecular complexity index is 625. The van der Waals surface area contributed by atoms with Crippen molar-refractivity contribution < 1.29 is 4.79 Å². The lowest BCUT2D eigenvalue weighted by Gasteiger charge is -2.10. The van der Waals surface area contributed by atoms with Crippen LogP contribution in [0, 0.1) is 13.8 Å². The van der Waals surface area contributed by atoms with Gasteiger partial charge < -0.3 is 10.6 Å². The number of nitrogens with one attached hydrogen (secondary N) is 2. The maximum atomic E-state index is 11.5. The summed E-state index contributed by atoms with van der Waals surface area (Å²) in [6.07, 6.45) is 1.75. The zero-order valence-corrected chi connectivity index (χ0v) is 11.9. The molecular formula is C15H18N4O. The van der Waals surface area contributed by atoms with E-state index in [9.17, 15) is 4.79 Å². The largest absolute Gasteiger partial charge is 0.379 e. The predicted molar refractivity (Wildman–Crippen MR) is 78.7 cm³/mol. The Kier molecular flexibility index (Phi) is 4.30. The van der Waals surface area contributed by atoms with Gasteiger partial charge in [0.25, 0.3) is 5.91 Å². The second-order valence-corrected chi connectivity index (χ2v) is 4.56. The minimum absolute atomic E-state index is 0.0777. The van der Waals surface area contributed by atoms with Crippen LogP contribution in [0.3, 0.4) is 0 Å². The van der Waals surface area contributed by atoms with Gasteiger partial charge in [-0.1, -0.05) is 0 Å². The number of hydrogen-bond acceptors (Lipinski definition) is 4. The van der Waals surface area contributed by atoms with Crippen LogP contribution in [-0.4, -0.2) is 22.9 Å². The van der Waals surface area contributed by atoms with Crippen molar-refractivity contribution in [3.8, 4) is 0 Å². The van der Waals surface area contributed by atoms with Crippen LogP contribution in [0.4, 0.5) is 5.69 Å². The SMILES string of the molecule is CNC(=O)c1ccc(NCc2ccnc(C)n2)c(C)c1. The molecule has 2 N–H and O–H groups in total. The summed E-state index contributed by atoms with van der Waals surface area (Å²) >= 11 is 0. The first kappa shape index (κ1) is 14.0. The maximum absolute atomic E-state index is 11.5. The monoisotopic (exact) mass is 270 g/mol. The van der Waals surface area contributed by atoms with Gasteiger partial charge in [-0.25, -0.2) is 9.97 Å². The molecule has 1 aromatic carbocycles. The van der Waals surface area contributed by atoms with Crippen LogP contribution in [0.1, 0.15) is 27.4 Å². The molecule has 0 fully saturated rings. The summed E-state index contributed by atoms with van der Waals surface area (Å²) in [5.41, 5.74) is 3.62. The zero-order chi connectivity index (χ0) is 14.5. The van der Waals surface area contributed by atoms with Crippen LogP contribution < -0.4 is 10.6 Å². The molecule has 0 saturated heterocycles. The number of aromatic nitrogens is 2. The van der Waals surface area contributed by atoms with E-state index in [1.54, 1.807) is 19.3 Å². The normalized spacial score (nSPS) is 10.2. The molecule has 0 atom stereocenters. The van der Waals surface area contributed by atoms with E-state index >= 15 is 0 Å². The third-order valence-electron chi connectivity index (χ3n) is 3.01. The Morgan fingerprint density at radius 2 is 2.05 bits per heavy atom. The second kappa shape index (κ2) is 6.14. The molecule has 0 bridgehead atoms. The lowest BCUT2D eigenvalue weighted by Crippen LogP contribution is -2.18.